The third-order valence-electron chi connectivity index (χ3n) is 8.36. The number of nitrogens with two attached hydrogens (primary N) is 1. The molecule has 0 fully saturated rings. The number of ether oxygens (including phenoxy) is 1. The first-order valence-corrected chi connectivity index (χ1v) is 17.3. The maximum atomic E-state index is 12.2. The van der Waals surface area contributed by atoms with E-state index in [1.807, 2.05) is 66.7 Å². The summed E-state index contributed by atoms with van der Waals surface area (Å²) in [5.74, 6) is -2.57. The van der Waals surface area contributed by atoms with Crippen LogP contribution in [-0.2, 0) is 41.6 Å². The Kier molecular flexibility index (Phi) is 12.8. The van der Waals surface area contributed by atoms with Crippen LogP contribution in [0.3, 0.4) is 0 Å². The minimum atomic E-state index is -0.833. The number of H-pyrrole nitrogens is 2. The van der Waals surface area contributed by atoms with E-state index < -0.39 is 17.9 Å². The number of carbonyl (C=O) groups excluding carboxylic acids is 4. The predicted molar refractivity (Wildman–Crippen MR) is 212 cm³/mol. The van der Waals surface area contributed by atoms with Crippen LogP contribution in [0.2, 0.25) is 0 Å². The van der Waals surface area contributed by atoms with Crippen molar-refractivity contribution in [3.05, 3.63) is 164 Å². The summed E-state index contributed by atoms with van der Waals surface area (Å²) in [6, 6.07) is 29.7. The first kappa shape index (κ1) is 40.4. The Morgan fingerprint density at radius 3 is 1.60 bits per heavy atom. The van der Waals surface area contributed by atoms with Crippen molar-refractivity contribution >= 4 is 62.6 Å². The Balaban J connectivity index is 0.000000174. The second kappa shape index (κ2) is 18.0. The van der Waals surface area contributed by atoms with Crippen molar-refractivity contribution < 1.29 is 33.8 Å². The lowest BCUT2D eigenvalue weighted by molar-refractivity contribution is -0.150. The molecular weight excluding hydrogens is 732 g/mol. The van der Waals surface area contributed by atoms with Crippen molar-refractivity contribution in [1.82, 2.24) is 20.4 Å². The quantitative estimate of drug-likeness (QED) is 0.0819. The summed E-state index contributed by atoms with van der Waals surface area (Å²) in [4.78, 5) is 78.4. The largest absolute Gasteiger partial charge is 0.481 e. The molecule has 0 spiro atoms. The van der Waals surface area contributed by atoms with Gasteiger partial charge in [-0.25, -0.2) is 24.7 Å². The second-order valence-corrected chi connectivity index (χ2v) is 12.7. The van der Waals surface area contributed by atoms with E-state index in [0.29, 0.717) is 40.4 Å². The smallest absolute Gasteiger partial charge is 0.341 e. The maximum Gasteiger partial charge on any atom is 0.341 e. The predicted octanol–water partition coefficient (Wildman–Crippen LogP) is 4.54. The van der Waals surface area contributed by atoms with E-state index >= 15 is 0 Å². The summed E-state index contributed by atoms with van der Waals surface area (Å²) in [6.45, 7) is 4.24. The molecule has 0 radical (unpaired) electrons. The first-order valence-electron chi connectivity index (χ1n) is 17.3. The maximum absolute atomic E-state index is 12.2. The van der Waals surface area contributed by atoms with Gasteiger partial charge in [-0.3, -0.25) is 24.0 Å². The van der Waals surface area contributed by atoms with Crippen molar-refractivity contribution in [3.63, 3.8) is 0 Å². The molecule has 0 saturated heterocycles. The van der Waals surface area contributed by atoms with Gasteiger partial charge in [0.15, 0.2) is 0 Å². The molecule has 2 amide bonds. The van der Waals surface area contributed by atoms with E-state index in [0.717, 1.165) is 50.8 Å². The molecule has 4 heterocycles. The van der Waals surface area contributed by atoms with Gasteiger partial charge in [-0.2, -0.15) is 10.2 Å². The number of hydrogen-bond acceptors (Lipinski definition) is 11. The van der Waals surface area contributed by atoms with E-state index in [2.05, 4.69) is 25.1 Å². The van der Waals surface area contributed by atoms with Crippen LogP contribution in [0.25, 0.3) is 21.5 Å². The van der Waals surface area contributed by atoms with Crippen molar-refractivity contribution in [2.75, 3.05) is 10.6 Å². The number of amides is 2. The number of anilines is 2. The zero-order valence-electron chi connectivity index (χ0n) is 30.9. The number of benzene rings is 4. The Morgan fingerprint density at radius 1 is 0.684 bits per heavy atom. The van der Waals surface area contributed by atoms with Gasteiger partial charge in [-0.15, -0.1) is 0 Å². The molecular formula is C42H36N6O9. The number of carboxylic acids is 1. The highest BCUT2D eigenvalue weighted by Gasteiger charge is 2.29. The van der Waals surface area contributed by atoms with Gasteiger partial charge in [-0.05, 0) is 61.4 Å². The highest BCUT2D eigenvalue weighted by atomic mass is 16.6. The van der Waals surface area contributed by atoms with Gasteiger partial charge in [0.05, 0.1) is 27.8 Å². The summed E-state index contributed by atoms with van der Waals surface area (Å²) in [5, 5.41) is 23.7. The standard InChI is InChI=1S/C20H15N3O3.C15H13N3O.C5H4O3.C2H4O2/c1-12-9-18(24)23(20(12)26)14-6-4-5-13(10-14)11-17-15-7-2-3-8-16(15)19(25)22-21-17;16-11-5-3-4-10(8-11)9-14-12-6-1-2-7-13(12)15(19)18-17-14;1-3-2-4(6)8-5(3)7;1-2(3)4/h2-10H,11H2,1H3,(H,22,25);1-8H,9,16H2,(H,18,19);2H,1H3;1H3,(H,3,4). The van der Waals surface area contributed by atoms with Gasteiger partial charge < -0.3 is 15.6 Å². The molecule has 2 aromatic heterocycles. The van der Waals surface area contributed by atoms with E-state index in [1.165, 1.54) is 19.1 Å². The fourth-order valence-corrected chi connectivity index (χ4v) is 5.78. The van der Waals surface area contributed by atoms with E-state index in [-0.39, 0.29) is 22.9 Å². The number of carbonyl (C=O) groups is 5. The molecule has 0 saturated carbocycles. The van der Waals surface area contributed by atoms with Crippen molar-refractivity contribution in [2.24, 2.45) is 0 Å². The first-order chi connectivity index (χ1) is 27.2. The molecule has 288 valence electrons. The van der Waals surface area contributed by atoms with Crippen molar-refractivity contribution in [1.29, 1.82) is 0 Å². The SMILES string of the molecule is CC(=O)O.CC1=CC(=O)N(c2cccc(Cc3n[nH]c(=O)c4ccccc34)c2)C1=O.CC1=CC(=O)OC1=O.Nc1cccc(Cc2n[nH]c(=O)c3ccccc23)c1. The number of hydrogen-bond donors (Lipinski definition) is 4. The topological polar surface area (TPSA) is 236 Å². The molecule has 0 atom stereocenters. The van der Waals surface area contributed by atoms with Gasteiger partial charge in [0.1, 0.15) is 0 Å². The number of nitrogens with zero attached hydrogens (tertiary/aromatic N) is 3. The monoisotopic (exact) mass is 768 g/mol. The number of imide groups is 1. The van der Waals surface area contributed by atoms with Crippen LogP contribution in [0.1, 0.15) is 43.3 Å². The minimum absolute atomic E-state index is 0.160. The van der Waals surface area contributed by atoms with Gasteiger partial charge in [0, 0.05) is 59.5 Å². The average molecular weight is 769 g/mol. The Hall–Kier alpha value is -7.81. The van der Waals surface area contributed by atoms with E-state index in [9.17, 15) is 28.8 Å². The average Bonchev–Trinajstić information content (AvgIpc) is 3.62. The lowest BCUT2D eigenvalue weighted by Crippen LogP contribution is -2.30. The lowest BCUT2D eigenvalue weighted by atomic mass is 10.0. The highest BCUT2D eigenvalue weighted by molar-refractivity contribution is 6.30. The van der Waals surface area contributed by atoms with Gasteiger partial charge in [0.25, 0.3) is 28.9 Å². The van der Waals surface area contributed by atoms with Crippen LogP contribution in [0.5, 0.6) is 0 Å². The van der Waals surface area contributed by atoms with Crippen LogP contribution >= 0.6 is 0 Å². The molecule has 4 aromatic carbocycles. The van der Waals surface area contributed by atoms with Gasteiger partial charge in [-0.1, -0.05) is 60.7 Å². The molecule has 2 aliphatic heterocycles. The molecule has 15 heteroatoms. The summed E-state index contributed by atoms with van der Waals surface area (Å²) >= 11 is 0. The van der Waals surface area contributed by atoms with Crippen molar-refractivity contribution in [3.8, 4) is 0 Å². The molecule has 0 aliphatic carbocycles. The van der Waals surface area contributed by atoms with E-state index in [4.69, 9.17) is 15.6 Å². The molecule has 0 unspecified atom stereocenters. The third-order valence-corrected chi connectivity index (χ3v) is 8.36. The van der Waals surface area contributed by atoms with Crippen LogP contribution in [0, 0.1) is 0 Å². The van der Waals surface area contributed by atoms with Crippen LogP contribution in [0.15, 0.2) is 130 Å². The summed E-state index contributed by atoms with van der Waals surface area (Å²) in [7, 11) is 0. The normalized spacial score (nSPS) is 13.1. The Labute approximate surface area is 324 Å². The second-order valence-electron chi connectivity index (χ2n) is 12.7. The molecule has 0 bridgehead atoms. The summed E-state index contributed by atoms with van der Waals surface area (Å²) < 4.78 is 4.10. The van der Waals surface area contributed by atoms with Crippen LogP contribution < -0.4 is 21.8 Å². The lowest BCUT2D eigenvalue weighted by Gasteiger charge is -2.15. The van der Waals surface area contributed by atoms with Crippen LogP contribution in [-0.4, -0.2) is 55.2 Å². The molecule has 8 rings (SSSR count). The highest BCUT2D eigenvalue weighted by Crippen LogP contribution is 2.25. The summed E-state index contributed by atoms with van der Waals surface area (Å²) in [6.07, 6.45) is 3.62. The van der Waals surface area contributed by atoms with Gasteiger partial charge >= 0.3 is 11.9 Å². The minimum Gasteiger partial charge on any atom is -0.481 e. The number of fused-ring (bicyclic) bond motifs is 2. The number of carboxylic acid groups (broad SMARTS) is 1. The number of esters is 2. The molecule has 6 aromatic rings. The zero-order chi connectivity index (χ0) is 41.2. The third kappa shape index (κ3) is 10.2. The number of rotatable bonds is 5. The number of aliphatic carboxylic acids is 1. The molecule has 15 nitrogen and oxygen atoms in total. The van der Waals surface area contributed by atoms with Crippen molar-refractivity contribution in [2.45, 2.75) is 33.6 Å². The van der Waals surface area contributed by atoms with Crippen LogP contribution in [0.4, 0.5) is 11.4 Å². The molecule has 57 heavy (non-hydrogen) atoms. The zero-order valence-corrected chi connectivity index (χ0v) is 30.9. The van der Waals surface area contributed by atoms with E-state index in [1.54, 1.807) is 37.3 Å². The molecule has 5 N–H and O–H groups in total. The number of aromatic nitrogens is 4. The fourth-order valence-electron chi connectivity index (χ4n) is 5.78. The number of aromatic amines is 2. The Morgan fingerprint density at radius 2 is 1.18 bits per heavy atom. The Bertz CT molecular complexity index is 2730. The molecule has 2 aliphatic rings. The summed E-state index contributed by atoms with van der Waals surface area (Å²) in [5.41, 5.74) is 11.0. The number of nitrogens with one attached hydrogen (secondary N) is 2. The van der Waals surface area contributed by atoms with Gasteiger partial charge in [0.2, 0.25) is 0 Å². The number of cyclic esters (lactones) is 2. The fraction of sp³-hybridized carbons (Fsp3) is 0.119. The number of nitrogen functional groups attached to an aromatic ring is 1.